The van der Waals surface area contributed by atoms with Crippen LogP contribution in [-0.4, -0.2) is 30.6 Å². The molecule has 0 N–H and O–H groups in total. The molecule has 0 aromatic heterocycles. The molecule has 0 amide bonds. The molecule has 2 aliphatic rings. The van der Waals surface area contributed by atoms with Gasteiger partial charge in [-0.05, 0) is 31.6 Å². The largest absolute Gasteiger partial charge is 0.463 e. The molecule has 17 heavy (non-hydrogen) atoms. The fourth-order valence-corrected chi connectivity index (χ4v) is 2.31. The van der Waals surface area contributed by atoms with Crippen LogP contribution >= 0.6 is 0 Å². The lowest BCUT2D eigenvalue weighted by molar-refractivity contribution is -0.137. The van der Waals surface area contributed by atoms with E-state index in [1.165, 1.54) is 6.08 Å². The molecular weight excluding hydrogens is 220 g/mol. The molecule has 2 atom stereocenters. The van der Waals surface area contributed by atoms with Gasteiger partial charge in [0.15, 0.2) is 5.78 Å². The molecule has 2 rings (SSSR count). The van der Waals surface area contributed by atoms with Gasteiger partial charge in [0, 0.05) is 18.4 Å². The van der Waals surface area contributed by atoms with Crippen molar-refractivity contribution in [3.05, 3.63) is 23.8 Å². The molecule has 0 radical (unpaired) electrons. The Balaban J connectivity index is 2.20. The average molecular weight is 236 g/mol. The second-order valence-electron chi connectivity index (χ2n) is 4.50. The quantitative estimate of drug-likeness (QED) is 0.537. The van der Waals surface area contributed by atoms with Gasteiger partial charge < -0.3 is 9.47 Å². The molecule has 1 aliphatic heterocycles. The van der Waals surface area contributed by atoms with Crippen molar-refractivity contribution < 1.29 is 19.1 Å². The smallest absolute Gasteiger partial charge is 0.330 e. The second-order valence-corrected chi connectivity index (χ2v) is 4.50. The van der Waals surface area contributed by atoms with Gasteiger partial charge in [-0.25, -0.2) is 4.79 Å². The third-order valence-corrected chi connectivity index (χ3v) is 3.28. The van der Waals surface area contributed by atoms with Gasteiger partial charge in [-0.15, -0.1) is 0 Å². The van der Waals surface area contributed by atoms with E-state index in [2.05, 4.69) is 0 Å². The highest BCUT2D eigenvalue weighted by atomic mass is 16.5. The Labute approximate surface area is 100 Å². The molecule has 0 spiro atoms. The fraction of sp³-hybridized carbons (Fsp3) is 0.538. The topological polar surface area (TPSA) is 52.6 Å². The van der Waals surface area contributed by atoms with E-state index in [0.29, 0.717) is 19.6 Å². The molecule has 92 valence electrons. The molecule has 4 nitrogen and oxygen atoms in total. The third kappa shape index (κ3) is 2.31. The summed E-state index contributed by atoms with van der Waals surface area (Å²) in [5.41, 5.74) is 0.398. The number of hydrogen-bond acceptors (Lipinski definition) is 4. The molecule has 1 unspecified atom stereocenters. The fourth-order valence-electron chi connectivity index (χ4n) is 2.31. The molecule has 1 saturated heterocycles. The van der Waals surface area contributed by atoms with E-state index in [4.69, 9.17) is 9.47 Å². The molecular formula is C13H16O4. The van der Waals surface area contributed by atoms with Crippen molar-refractivity contribution in [3.8, 4) is 0 Å². The summed E-state index contributed by atoms with van der Waals surface area (Å²) in [6.45, 7) is 4.44. The van der Waals surface area contributed by atoms with E-state index in [1.54, 1.807) is 19.1 Å². The van der Waals surface area contributed by atoms with E-state index < -0.39 is 5.60 Å². The third-order valence-electron chi connectivity index (χ3n) is 3.28. The average Bonchev–Trinajstić information content (AvgIpc) is 2.58. The van der Waals surface area contributed by atoms with Crippen molar-refractivity contribution >= 4 is 11.8 Å². The summed E-state index contributed by atoms with van der Waals surface area (Å²) in [4.78, 5) is 22.8. The van der Waals surface area contributed by atoms with Crippen molar-refractivity contribution in [2.24, 2.45) is 5.92 Å². The van der Waals surface area contributed by atoms with Crippen LogP contribution in [0, 0.1) is 5.92 Å². The Hall–Kier alpha value is -1.42. The Kier molecular flexibility index (Phi) is 3.15. The molecule has 4 heteroatoms. The first-order valence-corrected chi connectivity index (χ1v) is 5.78. The number of esters is 1. The predicted octanol–water partition coefficient (Wildman–Crippen LogP) is 1.41. The highest BCUT2D eigenvalue weighted by Gasteiger charge is 2.44. The summed E-state index contributed by atoms with van der Waals surface area (Å²) < 4.78 is 10.5. The van der Waals surface area contributed by atoms with E-state index >= 15 is 0 Å². The van der Waals surface area contributed by atoms with Crippen molar-refractivity contribution in [1.29, 1.82) is 0 Å². The summed E-state index contributed by atoms with van der Waals surface area (Å²) in [6, 6.07) is 0. The van der Waals surface area contributed by atoms with Crippen LogP contribution in [0.15, 0.2) is 23.8 Å². The maximum Gasteiger partial charge on any atom is 0.330 e. The van der Waals surface area contributed by atoms with Crippen LogP contribution in [-0.2, 0) is 19.1 Å². The first kappa shape index (κ1) is 12.0. The predicted molar refractivity (Wildman–Crippen MR) is 61.3 cm³/mol. The van der Waals surface area contributed by atoms with Gasteiger partial charge in [0.25, 0.3) is 0 Å². The van der Waals surface area contributed by atoms with Gasteiger partial charge in [-0.3, -0.25) is 4.79 Å². The van der Waals surface area contributed by atoms with Gasteiger partial charge in [0.05, 0.1) is 18.8 Å². The van der Waals surface area contributed by atoms with Gasteiger partial charge >= 0.3 is 5.97 Å². The first-order valence-electron chi connectivity index (χ1n) is 5.78. The molecule has 1 fully saturated rings. The minimum atomic E-state index is -0.452. The SMILES string of the molecule is CCOC(=O)/C=C1/CO[C@]2(C)C=CC(=O)CC12. The highest BCUT2D eigenvalue weighted by molar-refractivity contribution is 5.92. The van der Waals surface area contributed by atoms with E-state index in [1.807, 2.05) is 6.92 Å². The Morgan fingerprint density at radius 2 is 2.47 bits per heavy atom. The number of ketones is 1. The summed E-state index contributed by atoms with van der Waals surface area (Å²) in [5.74, 6) is -0.325. The molecule has 0 bridgehead atoms. The van der Waals surface area contributed by atoms with Crippen LogP contribution in [0.1, 0.15) is 20.3 Å². The van der Waals surface area contributed by atoms with E-state index in [-0.39, 0.29) is 17.7 Å². The number of hydrogen-bond donors (Lipinski definition) is 0. The van der Waals surface area contributed by atoms with Crippen LogP contribution < -0.4 is 0 Å². The number of fused-ring (bicyclic) bond motifs is 1. The first-order chi connectivity index (χ1) is 8.05. The minimum Gasteiger partial charge on any atom is -0.463 e. The van der Waals surface area contributed by atoms with Crippen molar-refractivity contribution in [3.63, 3.8) is 0 Å². The molecule has 0 aromatic carbocycles. The standard InChI is InChI=1S/C13H16O4/c1-3-16-12(15)6-9-8-17-13(2)5-4-10(14)7-11(9)13/h4-6,11H,3,7-8H2,1-2H3/b9-6-/t11?,13-/m1/s1. The maximum atomic E-state index is 11.4. The Morgan fingerprint density at radius 1 is 1.71 bits per heavy atom. The number of ether oxygens (including phenoxy) is 2. The van der Waals surface area contributed by atoms with Crippen LogP contribution in [0.3, 0.4) is 0 Å². The van der Waals surface area contributed by atoms with Gasteiger partial charge in [0.2, 0.25) is 0 Å². The lowest BCUT2D eigenvalue weighted by Gasteiger charge is -2.29. The summed E-state index contributed by atoms with van der Waals surface area (Å²) >= 11 is 0. The minimum absolute atomic E-state index is 0.0376. The number of carbonyl (C=O) groups excluding carboxylic acids is 2. The molecule has 0 saturated carbocycles. The van der Waals surface area contributed by atoms with Crippen molar-refractivity contribution in [2.75, 3.05) is 13.2 Å². The number of allylic oxidation sites excluding steroid dienone is 1. The Bertz CT molecular complexity index is 408. The maximum absolute atomic E-state index is 11.4. The van der Waals surface area contributed by atoms with Crippen LogP contribution in [0.5, 0.6) is 0 Å². The van der Waals surface area contributed by atoms with E-state index in [9.17, 15) is 9.59 Å². The second kappa shape index (κ2) is 4.45. The van der Waals surface area contributed by atoms with Crippen molar-refractivity contribution in [1.82, 2.24) is 0 Å². The molecule has 1 aliphatic carbocycles. The van der Waals surface area contributed by atoms with Gasteiger partial charge in [-0.1, -0.05) is 0 Å². The van der Waals surface area contributed by atoms with E-state index in [0.717, 1.165) is 5.57 Å². The monoisotopic (exact) mass is 236 g/mol. The van der Waals surface area contributed by atoms with Gasteiger partial charge in [0.1, 0.15) is 0 Å². The van der Waals surface area contributed by atoms with Gasteiger partial charge in [-0.2, -0.15) is 0 Å². The number of carbonyl (C=O) groups is 2. The van der Waals surface area contributed by atoms with Crippen LogP contribution in [0.2, 0.25) is 0 Å². The summed E-state index contributed by atoms with van der Waals surface area (Å²) in [5, 5.41) is 0. The summed E-state index contributed by atoms with van der Waals surface area (Å²) in [7, 11) is 0. The normalized spacial score (nSPS) is 33.9. The molecule has 0 aromatic rings. The number of rotatable bonds is 2. The zero-order valence-electron chi connectivity index (χ0n) is 10.1. The van der Waals surface area contributed by atoms with Crippen LogP contribution in [0.4, 0.5) is 0 Å². The lowest BCUT2D eigenvalue weighted by atomic mass is 9.78. The zero-order chi connectivity index (χ0) is 12.5. The lowest BCUT2D eigenvalue weighted by Crippen LogP contribution is -2.34. The summed E-state index contributed by atoms with van der Waals surface area (Å²) in [6.07, 6.45) is 5.21. The Morgan fingerprint density at radius 3 is 3.18 bits per heavy atom. The molecule has 1 heterocycles. The zero-order valence-corrected chi connectivity index (χ0v) is 10.1. The highest BCUT2D eigenvalue weighted by Crippen LogP contribution is 2.41. The van der Waals surface area contributed by atoms with Crippen LogP contribution in [0.25, 0.3) is 0 Å². The van der Waals surface area contributed by atoms with Crippen molar-refractivity contribution in [2.45, 2.75) is 25.9 Å².